The average Bonchev–Trinajstić information content (AvgIpc) is 3.28. The Labute approximate surface area is 213 Å². The minimum atomic E-state index is -0.217. The summed E-state index contributed by atoms with van der Waals surface area (Å²) in [6.07, 6.45) is 0. The summed E-state index contributed by atoms with van der Waals surface area (Å²) in [5, 5.41) is 3.75. The number of rotatable bonds is 7. The Morgan fingerprint density at radius 1 is 0.889 bits per heavy atom. The highest BCUT2D eigenvalue weighted by Crippen LogP contribution is 2.41. The van der Waals surface area contributed by atoms with E-state index in [0.29, 0.717) is 21.9 Å². The number of pyridine rings is 1. The van der Waals surface area contributed by atoms with Crippen molar-refractivity contribution in [1.82, 2.24) is 10.3 Å². The van der Waals surface area contributed by atoms with E-state index in [1.165, 1.54) is 11.3 Å². The van der Waals surface area contributed by atoms with Crippen molar-refractivity contribution in [1.29, 1.82) is 0 Å². The maximum absolute atomic E-state index is 13.1. The number of nitrogens with two attached hydrogens (primary N) is 1. The number of benzene rings is 3. The number of anilines is 1. The maximum Gasteiger partial charge on any atom is 0.263 e. The zero-order valence-corrected chi connectivity index (χ0v) is 20.8. The topological polar surface area (TPSA) is 86.5 Å². The second-order valence-corrected chi connectivity index (χ2v) is 9.20. The van der Waals surface area contributed by atoms with Crippen LogP contribution in [0.2, 0.25) is 0 Å². The van der Waals surface area contributed by atoms with Gasteiger partial charge in [-0.2, -0.15) is 0 Å². The van der Waals surface area contributed by atoms with E-state index in [9.17, 15) is 4.79 Å². The minimum Gasteiger partial charge on any atom is -0.497 e. The number of nitrogens with zero attached hydrogens (tertiary/aromatic N) is 1. The molecule has 3 aromatic carbocycles. The SMILES string of the molecule is COc1ccc(-c2cc(-c3ccc(OC)cc3)c3c(N)c(C(=O)NCc4ccccc4)sc3n2)cc1. The predicted molar refractivity (Wildman–Crippen MR) is 146 cm³/mol. The molecule has 6 nitrogen and oxygen atoms in total. The van der Waals surface area contributed by atoms with Gasteiger partial charge >= 0.3 is 0 Å². The molecule has 0 aliphatic heterocycles. The highest BCUT2D eigenvalue weighted by atomic mass is 32.1. The number of thiophene rings is 1. The molecule has 5 aromatic rings. The van der Waals surface area contributed by atoms with Gasteiger partial charge in [0.2, 0.25) is 0 Å². The summed E-state index contributed by atoms with van der Waals surface area (Å²) in [5.41, 5.74) is 11.6. The Balaban J connectivity index is 1.60. The number of carbonyl (C=O) groups excluding carboxylic acids is 1. The lowest BCUT2D eigenvalue weighted by Gasteiger charge is -2.10. The van der Waals surface area contributed by atoms with Crippen LogP contribution in [-0.2, 0) is 6.54 Å². The number of nitrogens with one attached hydrogen (secondary N) is 1. The van der Waals surface area contributed by atoms with Gasteiger partial charge in [-0.3, -0.25) is 4.79 Å². The van der Waals surface area contributed by atoms with Gasteiger partial charge in [-0.25, -0.2) is 4.98 Å². The first kappa shape index (κ1) is 23.4. The van der Waals surface area contributed by atoms with Crippen molar-refractivity contribution < 1.29 is 14.3 Å². The third-order valence-corrected chi connectivity index (χ3v) is 7.09. The van der Waals surface area contributed by atoms with Gasteiger partial charge in [0, 0.05) is 17.5 Å². The van der Waals surface area contributed by atoms with Crippen molar-refractivity contribution in [2.45, 2.75) is 6.54 Å². The Morgan fingerprint density at radius 2 is 1.50 bits per heavy atom. The standard InChI is InChI=1S/C29H25N3O3S/c1-34-21-12-8-19(9-13-21)23-16-24(20-10-14-22(35-2)15-11-20)32-29-25(23)26(30)27(36-29)28(33)31-17-18-6-4-3-5-7-18/h3-16H,17,30H2,1-2H3,(H,31,33). The minimum absolute atomic E-state index is 0.217. The van der Waals surface area contributed by atoms with Gasteiger partial charge in [0.05, 0.1) is 25.6 Å². The Morgan fingerprint density at radius 3 is 2.11 bits per heavy atom. The first-order valence-corrected chi connectivity index (χ1v) is 12.2. The number of hydrogen-bond acceptors (Lipinski definition) is 6. The molecule has 0 aliphatic rings. The molecule has 0 radical (unpaired) electrons. The number of methoxy groups -OCH3 is 2. The summed E-state index contributed by atoms with van der Waals surface area (Å²) in [7, 11) is 3.28. The first-order chi connectivity index (χ1) is 17.6. The number of carbonyl (C=O) groups is 1. The third kappa shape index (κ3) is 4.61. The van der Waals surface area contributed by atoms with Crippen molar-refractivity contribution in [3.05, 3.63) is 95.4 Å². The van der Waals surface area contributed by atoms with Crippen molar-refractivity contribution in [2.24, 2.45) is 0 Å². The average molecular weight is 496 g/mol. The van der Waals surface area contributed by atoms with E-state index in [2.05, 4.69) is 5.32 Å². The van der Waals surface area contributed by atoms with Crippen LogP contribution in [0.25, 0.3) is 32.6 Å². The molecule has 0 spiro atoms. The molecule has 0 fully saturated rings. The smallest absolute Gasteiger partial charge is 0.263 e. The van der Waals surface area contributed by atoms with Crippen LogP contribution >= 0.6 is 11.3 Å². The normalized spacial score (nSPS) is 10.8. The van der Waals surface area contributed by atoms with Gasteiger partial charge in [-0.1, -0.05) is 42.5 Å². The zero-order valence-electron chi connectivity index (χ0n) is 19.9. The van der Waals surface area contributed by atoms with Crippen molar-refractivity contribution in [2.75, 3.05) is 20.0 Å². The molecule has 0 atom stereocenters. The molecular weight excluding hydrogens is 470 g/mol. The largest absolute Gasteiger partial charge is 0.497 e. The van der Waals surface area contributed by atoms with Crippen LogP contribution in [0.1, 0.15) is 15.2 Å². The number of nitrogen functional groups attached to an aromatic ring is 1. The van der Waals surface area contributed by atoms with Crippen molar-refractivity contribution in [3.63, 3.8) is 0 Å². The molecule has 3 N–H and O–H groups in total. The number of amides is 1. The molecule has 0 unspecified atom stereocenters. The fourth-order valence-corrected chi connectivity index (χ4v) is 5.09. The molecule has 0 aliphatic carbocycles. The van der Waals surface area contributed by atoms with Crippen LogP contribution in [0.15, 0.2) is 84.9 Å². The molecule has 2 aromatic heterocycles. The van der Waals surface area contributed by atoms with Gasteiger partial charge in [-0.05, 0) is 59.2 Å². The second kappa shape index (κ2) is 10.1. The summed E-state index contributed by atoms with van der Waals surface area (Å²) in [6.45, 7) is 0.420. The Bertz CT molecular complexity index is 1510. The van der Waals surface area contributed by atoms with Crippen LogP contribution in [0, 0.1) is 0 Å². The number of hydrogen-bond donors (Lipinski definition) is 2. The number of aromatic nitrogens is 1. The summed E-state index contributed by atoms with van der Waals surface area (Å²) in [4.78, 5) is 19.2. The molecule has 1 amide bonds. The van der Waals surface area contributed by atoms with Crippen LogP contribution in [-0.4, -0.2) is 25.1 Å². The molecule has 7 heteroatoms. The molecule has 180 valence electrons. The fourth-order valence-electron chi connectivity index (χ4n) is 4.06. The predicted octanol–water partition coefficient (Wildman–Crippen LogP) is 6.16. The van der Waals surface area contributed by atoms with E-state index in [1.54, 1.807) is 14.2 Å². The quantitative estimate of drug-likeness (QED) is 0.282. The molecule has 36 heavy (non-hydrogen) atoms. The first-order valence-electron chi connectivity index (χ1n) is 11.4. The summed E-state index contributed by atoms with van der Waals surface area (Å²) < 4.78 is 10.6. The van der Waals surface area contributed by atoms with E-state index in [0.717, 1.165) is 44.8 Å². The monoisotopic (exact) mass is 495 g/mol. The molecule has 5 rings (SSSR count). The lowest BCUT2D eigenvalue weighted by atomic mass is 9.99. The zero-order chi connectivity index (χ0) is 25.1. The van der Waals surface area contributed by atoms with Crippen molar-refractivity contribution in [3.8, 4) is 33.9 Å². The Hall–Kier alpha value is -4.36. The fraction of sp³-hybridized carbons (Fsp3) is 0.103. The summed E-state index contributed by atoms with van der Waals surface area (Å²) in [5.74, 6) is 1.32. The van der Waals surface area contributed by atoms with E-state index in [-0.39, 0.29) is 5.91 Å². The van der Waals surface area contributed by atoms with Crippen LogP contribution in [0.4, 0.5) is 5.69 Å². The summed E-state index contributed by atoms with van der Waals surface area (Å²) in [6, 6.07) is 27.3. The Kier molecular flexibility index (Phi) is 6.56. The van der Waals surface area contributed by atoms with Gasteiger partial charge < -0.3 is 20.5 Å². The molecule has 0 saturated carbocycles. The van der Waals surface area contributed by atoms with Crippen LogP contribution in [0.5, 0.6) is 11.5 Å². The number of ether oxygens (including phenoxy) is 2. The van der Waals surface area contributed by atoms with E-state index in [1.807, 2.05) is 84.9 Å². The van der Waals surface area contributed by atoms with E-state index < -0.39 is 0 Å². The third-order valence-electron chi connectivity index (χ3n) is 5.99. The molecular formula is C29H25N3O3S. The second-order valence-electron chi connectivity index (χ2n) is 8.21. The summed E-state index contributed by atoms with van der Waals surface area (Å²) >= 11 is 1.30. The van der Waals surface area contributed by atoms with Crippen LogP contribution in [0.3, 0.4) is 0 Å². The number of fused-ring (bicyclic) bond motifs is 1. The lowest BCUT2D eigenvalue weighted by molar-refractivity contribution is 0.0956. The van der Waals surface area contributed by atoms with Gasteiger partial charge in [0.1, 0.15) is 21.2 Å². The van der Waals surface area contributed by atoms with Gasteiger partial charge in [0.25, 0.3) is 5.91 Å². The van der Waals surface area contributed by atoms with Crippen molar-refractivity contribution >= 4 is 33.1 Å². The van der Waals surface area contributed by atoms with Gasteiger partial charge in [-0.15, -0.1) is 11.3 Å². The molecule has 0 saturated heterocycles. The maximum atomic E-state index is 13.1. The lowest BCUT2D eigenvalue weighted by Crippen LogP contribution is -2.22. The molecule has 0 bridgehead atoms. The van der Waals surface area contributed by atoms with E-state index in [4.69, 9.17) is 20.2 Å². The molecule has 2 heterocycles. The highest BCUT2D eigenvalue weighted by Gasteiger charge is 2.21. The van der Waals surface area contributed by atoms with E-state index >= 15 is 0 Å². The van der Waals surface area contributed by atoms with Crippen LogP contribution < -0.4 is 20.5 Å². The highest BCUT2D eigenvalue weighted by molar-refractivity contribution is 7.21. The van der Waals surface area contributed by atoms with Gasteiger partial charge in [0.15, 0.2) is 0 Å².